The van der Waals surface area contributed by atoms with E-state index < -0.39 is 0 Å². The molecule has 1 aromatic rings. The number of likely N-dealkylation sites (N-methyl/N-ethyl adjacent to an activating group) is 1. The topological polar surface area (TPSA) is 41.9 Å². The molecule has 0 spiro atoms. The van der Waals surface area contributed by atoms with Crippen molar-refractivity contribution in [2.24, 2.45) is 4.99 Å². The van der Waals surface area contributed by atoms with Crippen LogP contribution in [0.3, 0.4) is 0 Å². The monoisotopic (exact) mass is 218 g/mol. The van der Waals surface area contributed by atoms with E-state index in [1.54, 1.807) is 11.9 Å². The highest BCUT2D eigenvalue weighted by molar-refractivity contribution is 6.08. The maximum atomic E-state index is 11.7. The minimum Gasteiger partial charge on any atom is -0.478 e. The number of benzene rings is 1. The number of ether oxygens (including phenoxy) is 1. The molecule has 0 unspecified atom stereocenters. The number of para-hydroxylation sites is 1. The van der Waals surface area contributed by atoms with Crippen LogP contribution in [0.2, 0.25) is 0 Å². The molecule has 0 saturated heterocycles. The van der Waals surface area contributed by atoms with Gasteiger partial charge < -0.3 is 9.64 Å². The Kier molecular flexibility index (Phi) is 2.90. The third kappa shape index (κ3) is 1.78. The first-order valence-corrected chi connectivity index (χ1v) is 5.27. The van der Waals surface area contributed by atoms with Crippen LogP contribution in [0.4, 0.5) is 5.69 Å². The van der Waals surface area contributed by atoms with E-state index in [0.29, 0.717) is 12.5 Å². The highest BCUT2D eigenvalue weighted by Gasteiger charge is 2.21. The van der Waals surface area contributed by atoms with Gasteiger partial charge in [0, 0.05) is 7.05 Å². The summed E-state index contributed by atoms with van der Waals surface area (Å²) in [5.74, 6) is 0.526. The molecule has 0 radical (unpaired) electrons. The van der Waals surface area contributed by atoms with Gasteiger partial charge in [-0.25, -0.2) is 4.99 Å². The molecule has 4 heteroatoms. The molecule has 2 rings (SSSR count). The molecule has 0 aliphatic carbocycles. The van der Waals surface area contributed by atoms with Crippen LogP contribution in [0.5, 0.6) is 0 Å². The van der Waals surface area contributed by atoms with Crippen molar-refractivity contribution in [2.45, 2.75) is 6.92 Å². The molecule has 0 aromatic heterocycles. The first-order chi connectivity index (χ1) is 7.74. The molecule has 0 saturated carbocycles. The lowest BCUT2D eigenvalue weighted by Gasteiger charge is -2.17. The van der Waals surface area contributed by atoms with Gasteiger partial charge in [0.1, 0.15) is 6.54 Å². The predicted molar refractivity (Wildman–Crippen MR) is 62.9 cm³/mol. The molecule has 1 aliphatic rings. The van der Waals surface area contributed by atoms with Crippen molar-refractivity contribution in [3.05, 3.63) is 29.8 Å². The number of amides is 1. The molecule has 0 bridgehead atoms. The van der Waals surface area contributed by atoms with E-state index in [4.69, 9.17) is 4.74 Å². The molecule has 1 heterocycles. The summed E-state index contributed by atoms with van der Waals surface area (Å²) >= 11 is 0. The molecule has 0 N–H and O–H groups in total. The van der Waals surface area contributed by atoms with Crippen LogP contribution in [-0.2, 0) is 9.53 Å². The van der Waals surface area contributed by atoms with Crippen molar-refractivity contribution in [3.63, 3.8) is 0 Å². The highest BCUT2D eigenvalue weighted by atomic mass is 16.5. The average Bonchev–Trinajstić information content (AvgIpc) is 2.43. The Morgan fingerprint density at radius 2 is 2.19 bits per heavy atom. The van der Waals surface area contributed by atoms with Crippen molar-refractivity contribution in [2.75, 3.05) is 25.1 Å². The molecule has 84 valence electrons. The van der Waals surface area contributed by atoms with Crippen molar-refractivity contribution in [3.8, 4) is 0 Å². The fraction of sp³-hybridized carbons (Fsp3) is 0.333. The fourth-order valence-corrected chi connectivity index (χ4v) is 1.67. The molecule has 1 amide bonds. The zero-order chi connectivity index (χ0) is 11.5. The zero-order valence-electron chi connectivity index (χ0n) is 9.43. The second-order valence-corrected chi connectivity index (χ2v) is 3.52. The lowest BCUT2D eigenvalue weighted by Crippen LogP contribution is -2.27. The van der Waals surface area contributed by atoms with Gasteiger partial charge in [0.15, 0.2) is 0 Å². The van der Waals surface area contributed by atoms with Crippen LogP contribution in [0.15, 0.2) is 29.3 Å². The molecular weight excluding hydrogens is 204 g/mol. The van der Waals surface area contributed by atoms with Gasteiger partial charge in [0.25, 0.3) is 0 Å². The Bertz CT molecular complexity index is 440. The third-order valence-electron chi connectivity index (χ3n) is 2.51. The lowest BCUT2D eigenvalue weighted by molar-refractivity contribution is -0.116. The number of fused-ring (bicyclic) bond motifs is 1. The molecular formula is C12H14N2O2. The first-order valence-electron chi connectivity index (χ1n) is 5.27. The van der Waals surface area contributed by atoms with E-state index in [-0.39, 0.29) is 12.5 Å². The van der Waals surface area contributed by atoms with Crippen LogP contribution >= 0.6 is 0 Å². The van der Waals surface area contributed by atoms with Gasteiger partial charge in [-0.05, 0) is 19.1 Å². The summed E-state index contributed by atoms with van der Waals surface area (Å²) in [5.41, 5.74) is 1.72. The van der Waals surface area contributed by atoms with Gasteiger partial charge in [0.2, 0.25) is 11.8 Å². The Balaban J connectivity index is 2.50. The quantitative estimate of drug-likeness (QED) is 0.715. The van der Waals surface area contributed by atoms with E-state index in [1.807, 2.05) is 31.2 Å². The van der Waals surface area contributed by atoms with Gasteiger partial charge in [-0.1, -0.05) is 12.1 Å². The van der Waals surface area contributed by atoms with E-state index >= 15 is 0 Å². The van der Waals surface area contributed by atoms with Gasteiger partial charge in [-0.2, -0.15) is 0 Å². The number of benzodiazepines with no additional fused rings is 1. The van der Waals surface area contributed by atoms with Crippen molar-refractivity contribution in [1.82, 2.24) is 0 Å². The Morgan fingerprint density at radius 3 is 2.94 bits per heavy atom. The van der Waals surface area contributed by atoms with Crippen LogP contribution in [0.25, 0.3) is 0 Å². The molecule has 0 atom stereocenters. The normalized spacial score (nSPS) is 15.2. The van der Waals surface area contributed by atoms with Crippen molar-refractivity contribution < 1.29 is 9.53 Å². The van der Waals surface area contributed by atoms with Gasteiger partial charge in [0.05, 0.1) is 17.9 Å². The largest absolute Gasteiger partial charge is 0.478 e. The summed E-state index contributed by atoms with van der Waals surface area (Å²) < 4.78 is 5.46. The number of hydrogen-bond acceptors (Lipinski definition) is 3. The molecule has 0 fully saturated rings. The van der Waals surface area contributed by atoms with Crippen LogP contribution in [-0.4, -0.2) is 32.0 Å². The van der Waals surface area contributed by atoms with Gasteiger partial charge >= 0.3 is 0 Å². The second kappa shape index (κ2) is 4.35. The summed E-state index contributed by atoms with van der Waals surface area (Å²) in [6.45, 7) is 2.59. The van der Waals surface area contributed by atoms with E-state index in [1.165, 1.54) is 0 Å². The smallest absolute Gasteiger partial charge is 0.248 e. The average molecular weight is 218 g/mol. The number of anilines is 1. The maximum Gasteiger partial charge on any atom is 0.248 e. The number of carbonyl (C=O) groups excluding carboxylic acids is 1. The number of carbonyl (C=O) groups is 1. The number of hydrogen-bond donors (Lipinski definition) is 0. The SMILES string of the molecule is CCOC1=NCC(=O)N(C)c2ccccc21. The molecule has 4 nitrogen and oxygen atoms in total. The van der Waals surface area contributed by atoms with Crippen LogP contribution in [0.1, 0.15) is 12.5 Å². The lowest BCUT2D eigenvalue weighted by atomic mass is 10.1. The molecule has 1 aromatic carbocycles. The summed E-state index contributed by atoms with van der Waals surface area (Å²) in [4.78, 5) is 17.5. The minimum atomic E-state index is -0.0258. The maximum absolute atomic E-state index is 11.7. The van der Waals surface area contributed by atoms with Crippen LogP contribution in [0, 0.1) is 0 Å². The van der Waals surface area contributed by atoms with Crippen molar-refractivity contribution in [1.29, 1.82) is 0 Å². The minimum absolute atomic E-state index is 0.0258. The highest BCUT2D eigenvalue weighted by Crippen LogP contribution is 2.22. The van der Waals surface area contributed by atoms with Crippen molar-refractivity contribution >= 4 is 17.5 Å². The number of rotatable bonds is 1. The van der Waals surface area contributed by atoms with E-state index in [2.05, 4.69) is 4.99 Å². The van der Waals surface area contributed by atoms with Crippen LogP contribution < -0.4 is 4.90 Å². The fourth-order valence-electron chi connectivity index (χ4n) is 1.67. The predicted octanol–water partition coefficient (Wildman–Crippen LogP) is 1.45. The van der Waals surface area contributed by atoms with Gasteiger partial charge in [-0.15, -0.1) is 0 Å². The summed E-state index contributed by atoms with van der Waals surface area (Å²) in [6, 6.07) is 7.63. The molecule has 16 heavy (non-hydrogen) atoms. The second-order valence-electron chi connectivity index (χ2n) is 3.52. The van der Waals surface area contributed by atoms with E-state index in [9.17, 15) is 4.79 Å². The Labute approximate surface area is 94.5 Å². The van der Waals surface area contributed by atoms with E-state index in [0.717, 1.165) is 11.3 Å². The summed E-state index contributed by atoms with van der Waals surface area (Å²) in [6.07, 6.45) is 0. The standard InChI is InChI=1S/C12H14N2O2/c1-3-16-12-9-6-4-5-7-10(9)14(2)11(15)8-13-12/h4-7H,3,8H2,1-2H3. The number of nitrogens with zero attached hydrogens (tertiary/aromatic N) is 2. The molecule has 1 aliphatic heterocycles. The zero-order valence-corrected chi connectivity index (χ0v) is 9.43. The summed E-state index contributed by atoms with van der Waals surface area (Å²) in [7, 11) is 1.76. The Morgan fingerprint density at radius 1 is 1.44 bits per heavy atom. The summed E-state index contributed by atoms with van der Waals surface area (Å²) in [5, 5.41) is 0. The van der Waals surface area contributed by atoms with Gasteiger partial charge in [-0.3, -0.25) is 4.79 Å². The third-order valence-corrected chi connectivity index (χ3v) is 2.51. The Hall–Kier alpha value is -1.84. The number of aliphatic imine (C=N–C) groups is 1. The first kappa shape index (κ1) is 10.7.